The highest BCUT2D eigenvalue weighted by Crippen LogP contribution is 2.33. The number of nitro groups is 1. The highest BCUT2D eigenvalue weighted by atomic mass is 35.5. The third kappa shape index (κ3) is 5.09. The first kappa shape index (κ1) is 17.6. The van der Waals surface area contributed by atoms with Crippen LogP contribution in [0.4, 0.5) is 11.4 Å². The SMILES string of the molecule is CCCNc1c(Cl)cc(C(=O)NCCSC)cc1[N+](=O)[O-]. The van der Waals surface area contributed by atoms with E-state index in [1.165, 1.54) is 12.1 Å². The molecule has 0 heterocycles. The molecule has 21 heavy (non-hydrogen) atoms. The van der Waals surface area contributed by atoms with Crippen LogP contribution in [0.25, 0.3) is 0 Å². The maximum absolute atomic E-state index is 11.9. The molecule has 2 N–H and O–H groups in total. The van der Waals surface area contributed by atoms with Gasteiger partial charge in [-0.1, -0.05) is 18.5 Å². The number of rotatable bonds is 8. The predicted octanol–water partition coefficient (Wildman–Crippen LogP) is 3.16. The maximum Gasteiger partial charge on any atom is 0.294 e. The van der Waals surface area contributed by atoms with Crippen molar-refractivity contribution in [2.75, 3.05) is 30.4 Å². The Balaban J connectivity index is 3.03. The van der Waals surface area contributed by atoms with Crippen molar-refractivity contribution in [1.29, 1.82) is 0 Å². The summed E-state index contributed by atoms with van der Waals surface area (Å²) in [5.74, 6) is 0.411. The number of hydrogen-bond donors (Lipinski definition) is 2. The van der Waals surface area contributed by atoms with Gasteiger partial charge in [0.2, 0.25) is 0 Å². The van der Waals surface area contributed by atoms with E-state index in [9.17, 15) is 14.9 Å². The Morgan fingerprint density at radius 3 is 2.71 bits per heavy atom. The number of amides is 1. The van der Waals surface area contributed by atoms with E-state index in [0.29, 0.717) is 13.1 Å². The van der Waals surface area contributed by atoms with Crippen molar-refractivity contribution >= 4 is 40.6 Å². The molecular weight excluding hydrogens is 314 g/mol. The van der Waals surface area contributed by atoms with Gasteiger partial charge in [-0.3, -0.25) is 14.9 Å². The molecule has 0 atom stereocenters. The predicted molar refractivity (Wildman–Crippen MR) is 87.6 cm³/mol. The Bertz CT molecular complexity index is 526. The maximum atomic E-state index is 11.9. The van der Waals surface area contributed by atoms with Crippen molar-refractivity contribution in [3.8, 4) is 0 Å². The van der Waals surface area contributed by atoms with E-state index in [2.05, 4.69) is 10.6 Å². The third-order valence-corrected chi connectivity index (χ3v) is 3.58. The summed E-state index contributed by atoms with van der Waals surface area (Å²) in [4.78, 5) is 22.6. The van der Waals surface area contributed by atoms with E-state index < -0.39 is 4.92 Å². The number of hydrogen-bond acceptors (Lipinski definition) is 5. The minimum absolute atomic E-state index is 0.174. The molecule has 1 amide bonds. The van der Waals surface area contributed by atoms with Crippen LogP contribution >= 0.6 is 23.4 Å². The number of nitrogens with zero attached hydrogens (tertiary/aromatic N) is 1. The lowest BCUT2D eigenvalue weighted by Crippen LogP contribution is -2.25. The van der Waals surface area contributed by atoms with Crippen molar-refractivity contribution in [3.05, 3.63) is 32.8 Å². The average Bonchev–Trinajstić information content (AvgIpc) is 2.45. The summed E-state index contributed by atoms with van der Waals surface area (Å²) in [6, 6.07) is 2.69. The molecular formula is C13H18ClN3O3S. The highest BCUT2D eigenvalue weighted by molar-refractivity contribution is 7.98. The molecule has 6 nitrogen and oxygen atoms in total. The number of thioether (sulfide) groups is 1. The average molecular weight is 332 g/mol. The number of anilines is 1. The number of nitrogens with one attached hydrogen (secondary N) is 2. The standard InChI is InChI=1S/C13H18ClN3O3S/c1-3-4-15-12-10(14)7-9(8-11(12)17(19)20)13(18)16-5-6-21-2/h7-8,15H,3-6H2,1-2H3,(H,16,18). The molecule has 0 saturated carbocycles. The van der Waals surface area contributed by atoms with Crippen LogP contribution in [0.5, 0.6) is 0 Å². The van der Waals surface area contributed by atoms with Gasteiger partial charge in [0.1, 0.15) is 5.69 Å². The van der Waals surface area contributed by atoms with Crippen molar-refractivity contribution < 1.29 is 9.72 Å². The Hall–Kier alpha value is -1.47. The fraction of sp³-hybridized carbons (Fsp3) is 0.462. The summed E-state index contributed by atoms with van der Waals surface area (Å²) >= 11 is 7.67. The molecule has 0 aromatic heterocycles. The van der Waals surface area contributed by atoms with Gasteiger partial charge in [0.05, 0.1) is 9.95 Å². The van der Waals surface area contributed by atoms with Gasteiger partial charge in [0, 0.05) is 30.5 Å². The molecule has 1 aromatic rings. The summed E-state index contributed by atoms with van der Waals surface area (Å²) in [5.41, 5.74) is 0.255. The molecule has 0 fully saturated rings. The Kier molecular flexibility index (Phi) is 7.31. The Morgan fingerprint density at radius 2 is 2.14 bits per heavy atom. The van der Waals surface area contributed by atoms with Gasteiger partial charge >= 0.3 is 0 Å². The van der Waals surface area contributed by atoms with Crippen molar-refractivity contribution in [3.63, 3.8) is 0 Å². The fourth-order valence-electron chi connectivity index (χ4n) is 1.66. The number of carbonyl (C=O) groups is 1. The van der Waals surface area contributed by atoms with Gasteiger partial charge < -0.3 is 10.6 Å². The van der Waals surface area contributed by atoms with Gasteiger partial charge in [-0.25, -0.2) is 0 Å². The van der Waals surface area contributed by atoms with Gasteiger partial charge in [0.15, 0.2) is 0 Å². The monoisotopic (exact) mass is 331 g/mol. The molecule has 1 aromatic carbocycles. The number of nitro benzene ring substituents is 1. The zero-order chi connectivity index (χ0) is 15.8. The summed E-state index contributed by atoms with van der Waals surface area (Å²) in [7, 11) is 0. The largest absolute Gasteiger partial charge is 0.378 e. The molecule has 0 spiro atoms. The third-order valence-electron chi connectivity index (χ3n) is 2.67. The quantitative estimate of drug-likeness (QED) is 0.434. The molecule has 0 radical (unpaired) electrons. The number of halogens is 1. The lowest BCUT2D eigenvalue weighted by atomic mass is 10.1. The van der Waals surface area contributed by atoms with Gasteiger partial charge in [-0.15, -0.1) is 0 Å². The minimum Gasteiger partial charge on any atom is -0.378 e. The Morgan fingerprint density at radius 1 is 1.43 bits per heavy atom. The lowest BCUT2D eigenvalue weighted by molar-refractivity contribution is -0.384. The lowest BCUT2D eigenvalue weighted by Gasteiger charge is -2.10. The minimum atomic E-state index is -0.539. The molecule has 0 bridgehead atoms. The van der Waals surface area contributed by atoms with E-state index in [0.717, 1.165) is 12.2 Å². The van der Waals surface area contributed by atoms with Crippen LogP contribution in [0.3, 0.4) is 0 Å². The topological polar surface area (TPSA) is 84.3 Å². The van der Waals surface area contributed by atoms with Crippen LogP contribution in [-0.2, 0) is 0 Å². The van der Waals surface area contributed by atoms with Crippen LogP contribution in [0.15, 0.2) is 12.1 Å². The molecule has 1 rings (SSSR count). The van der Waals surface area contributed by atoms with Crippen LogP contribution in [0.1, 0.15) is 23.7 Å². The van der Waals surface area contributed by atoms with Gasteiger partial charge in [-0.05, 0) is 18.7 Å². The first-order chi connectivity index (χ1) is 10.0. The summed E-state index contributed by atoms with van der Waals surface area (Å²) in [6.45, 7) is 3.02. The van der Waals surface area contributed by atoms with Crippen molar-refractivity contribution in [1.82, 2.24) is 5.32 Å². The summed E-state index contributed by atoms with van der Waals surface area (Å²) in [6.07, 6.45) is 2.74. The van der Waals surface area contributed by atoms with Gasteiger partial charge in [0.25, 0.3) is 11.6 Å². The molecule has 116 valence electrons. The zero-order valence-electron chi connectivity index (χ0n) is 11.9. The normalized spacial score (nSPS) is 10.2. The summed E-state index contributed by atoms with van der Waals surface area (Å²) in [5, 5.41) is 16.9. The Labute approximate surface area is 132 Å². The van der Waals surface area contributed by atoms with Crippen LogP contribution < -0.4 is 10.6 Å². The number of benzene rings is 1. The van der Waals surface area contributed by atoms with Crippen LogP contribution in [0.2, 0.25) is 5.02 Å². The van der Waals surface area contributed by atoms with Gasteiger partial charge in [-0.2, -0.15) is 11.8 Å². The first-order valence-electron chi connectivity index (χ1n) is 6.50. The smallest absolute Gasteiger partial charge is 0.294 e. The second-order valence-corrected chi connectivity index (χ2v) is 5.68. The van der Waals surface area contributed by atoms with E-state index in [4.69, 9.17) is 11.6 Å². The van der Waals surface area contributed by atoms with E-state index in [1.54, 1.807) is 11.8 Å². The van der Waals surface area contributed by atoms with Crippen LogP contribution in [0, 0.1) is 10.1 Å². The molecule has 0 unspecified atom stereocenters. The molecule has 0 aliphatic heterocycles. The molecule has 8 heteroatoms. The fourth-order valence-corrected chi connectivity index (χ4v) is 2.25. The second kappa shape index (κ2) is 8.74. The molecule has 0 aliphatic rings. The van der Waals surface area contributed by atoms with Crippen molar-refractivity contribution in [2.45, 2.75) is 13.3 Å². The van der Waals surface area contributed by atoms with Crippen molar-refractivity contribution in [2.24, 2.45) is 0 Å². The molecule has 0 aliphatic carbocycles. The number of carbonyl (C=O) groups excluding carboxylic acids is 1. The second-order valence-electron chi connectivity index (χ2n) is 4.28. The van der Waals surface area contributed by atoms with Crippen LogP contribution in [-0.4, -0.2) is 35.9 Å². The van der Waals surface area contributed by atoms with E-state index >= 15 is 0 Å². The van der Waals surface area contributed by atoms with E-state index in [1.807, 2.05) is 13.2 Å². The summed E-state index contributed by atoms with van der Waals surface area (Å²) < 4.78 is 0. The van der Waals surface area contributed by atoms with E-state index in [-0.39, 0.29) is 27.9 Å². The first-order valence-corrected chi connectivity index (χ1v) is 8.27. The highest BCUT2D eigenvalue weighted by Gasteiger charge is 2.21. The zero-order valence-corrected chi connectivity index (χ0v) is 13.5. The molecule has 0 saturated heterocycles.